The summed E-state index contributed by atoms with van der Waals surface area (Å²) in [5, 5.41) is -0.956. The van der Waals surface area contributed by atoms with Crippen LogP contribution < -0.4 is 5.43 Å². The first kappa shape index (κ1) is 10.8. The van der Waals surface area contributed by atoms with E-state index in [0.29, 0.717) is 0 Å². The van der Waals surface area contributed by atoms with Crippen molar-refractivity contribution in [2.24, 2.45) is 0 Å². The maximum absolute atomic E-state index is 12.2. The molecule has 0 fully saturated rings. The molecule has 1 rings (SSSR count). The number of halogens is 3. The Morgan fingerprint density at radius 2 is 2.14 bits per heavy atom. The van der Waals surface area contributed by atoms with Crippen LogP contribution >= 0.6 is 11.6 Å². The van der Waals surface area contributed by atoms with Gasteiger partial charge in [0.1, 0.15) is 5.69 Å². The van der Waals surface area contributed by atoms with E-state index in [9.17, 15) is 18.4 Å². The van der Waals surface area contributed by atoms with Crippen LogP contribution in [0.5, 0.6) is 0 Å². The minimum Gasteiger partial charge on any atom is -0.350 e. The van der Waals surface area contributed by atoms with Gasteiger partial charge in [0.05, 0.1) is 5.69 Å². The fourth-order valence-corrected chi connectivity index (χ4v) is 1.15. The van der Waals surface area contributed by atoms with Crippen LogP contribution in [0, 0.1) is 6.92 Å². The van der Waals surface area contributed by atoms with Crippen molar-refractivity contribution in [3.05, 3.63) is 33.2 Å². The Bertz CT molecular complexity index is 428. The number of aromatic nitrogens is 1. The number of H-pyrrole nitrogens is 1. The summed E-state index contributed by atoms with van der Waals surface area (Å²) in [6.07, 6.45) is -2.84. The van der Waals surface area contributed by atoms with Gasteiger partial charge < -0.3 is 4.98 Å². The van der Waals surface area contributed by atoms with Gasteiger partial charge in [-0.15, -0.1) is 0 Å². The molecule has 1 N–H and O–H groups in total. The van der Waals surface area contributed by atoms with Crippen LogP contribution in [0.1, 0.15) is 28.2 Å². The van der Waals surface area contributed by atoms with Gasteiger partial charge in [0.15, 0.2) is 5.43 Å². The van der Waals surface area contributed by atoms with Gasteiger partial charge in [-0.05, 0) is 18.5 Å². The normalized spacial score (nSPS) is 10.6. The van der Waals surface area contributed by atoms with Crippen LogP contribution in [0.4, 0.5) is 8.78 Å². The molecule has 0 aliphatic heterocycles. The topological polar surface area (TPSA) is 49.9 Å². The first-order chi connectivity index (χ1) is 6.43. The molecule has 0 bridgehead atoms. The number of nitrogens with one attached hydrogen (secondary N) is 1. The van der Waals surface area contributed by atoms with E-state index in [4.69, 9.17) is 11.6 Å². The SMILES string of the molecule is Cc1c(C(=O)Cl)[nH]c(C(F)F)cc1=O. The molecule has 0 amide bonds. The van der Waals surface area contributed by atoms with E-state index in [0.717, 1.165) is 6.07 Å². The van der Waals surface area contributed by atoms with E-state index < -0.39 is 22.8 Å². The van der Waals surface area contributed by atoms with Crippen molar-refractivity contribution in [3.63, 3.8) is 0 Å². The Morgan fingerprint density at radius 3 is 2.57 bits per heavy atom. The molecule has 1 heterocycles. The van der Waals surface area contributed by atoms with Crippen molar-refractivity contribution >= 4 is 16.8 Å². The number of hydrogen-bond donors (Lipinski definition) is 1. The lowest BCUT2D eigenvalue weighted by Gasteiger charge is -2.04. The lowest BCUT2D eigenvalue weighted by atomic mass is 10.2. The van der Waals surface area contributed by atoms with Crippen LogP contribution in [-0.4, -0.2) is 10.2 Å². The molecule has 0 aliphatic carbocycles. The average Bonchev–Trinajstić information content (AvgIpc) is 2.08. The number of alkyl halides is 2. The number of aromatic amines is 1. The van der Waals surface area contributed by atoms with E-state index in [1.807, 2.05) is 0 Å². The summed E-state index contributed by atoms with van der Waals surface area (Å²) >= 11 is 5.10. The standard InChI is InChI=1S/C8H6ClF2NO2/c1-3-5(13)2-4(8(10)11)12-6(3)7(9)14/h2,8H,1H3,(H,12,13). The smallest absolute Gasteiger partial charge is 0.278 e. The minimum absolute atomic E-state index is 0.0365. The summed E-state index contributed by atoms with van der Waals surface area (Å²) < 4.78 is 24.4. The monoisotopic (exact) mass is 221 g/mol. The summed E-state index contributed by atoms with van der Waals surface area (Å²) in [4.78, 5) is 24.0. The van der Waals surface area contributed by atoms with Gasteiger partial charge >= 0.3 is 0 Å². The number of rotatable bonds is 2. The molecule has 0 saturated heterocycles. The molecular formula is C8H6ClF2NO2. The van der Waals surface area contributed by atoms with Crippen molar-refractivity contribution < 1.29 is 13.6 Å². The van der Waals surface area contributed by atoms with E-state index in [1.54, 1.807) is 0 Å². The van der Waals surface area contributed by atoms with E-state index in [2.05, 4.69) is 4.98 Å². The van der Waals surface area contributed by atoms with Crippen molar-refractivity contribution in [1.82, 2.24) is 4.98 Å². The largest absolute Gasteiger partial charge is 0.350 e. The van der Waals surface area contributed by atoms with Gasteiger partial charge in [0.25, 0.3) is 11.7 Å². The molecule has 6 heteroatoms. The predicted molar refractivity (Wildman–Crippen MR) is 46.9 cm³/mol. The average molecular weight is 222 g/mol. The van der Waals surface area contributed by atoms with Gasteiger partial charge in [-0.2, -0.15) is 0 Å². The summed E-state index contributed by atoms with van der Waals surface area (Å²) in [6, 6.07) is 0.753. The number of hydrogen-bond acceptors (Lipinski definition) is 2. The highest BCUT2D eigenvalue weighted by Gasteiger charge is 2.15. The van der Waals surface area contributed by atoms with Crippen molar-refractivity contribution in [2.75, 3.05) is 0 Å². The third kappa shape index (κ3) is 1.98. The van der Waals surface area contributed by atoms with Gasteiger partial charge in [-0.3, -0.25) is 9.59 Å². The summed E-state index contributed by atoms with van der Waals surface area (Å²) in [5.41, 5.74) is -1.49. The number of pyridine rings is 1. The zero-order valence-corrected chi connectivity index (χ0v) is 7.86. The first-order valence-corrected chi connectivity index (χ1v) is 4.03. The zero-order chi connectivity index (χ0) is 10.9. The van der Waals surface area contributed by atoms with Crippen molar-refractivity contribution in [2.45, 2.75) is 13.3 Å². The number of carbonyl (C=O) groups excluding carboxylic acids is 1. The highest BCUT2D eigenvalue weighted by molar-refractivity contribution is 6.67. The van der Waals surface area contributed by atoms with Gasteiger partial charge in [-0.1, -0.05) is 0 Å². The Kier molecular flexibility index (Phi) is 3.00. The second kappa shape index (κ2) is 3.88. The van der Waals surface area contributed by atoms with Gasteiger partial charge in [0, 0.05) is 11.6 Å². The highest BCUT2D eigenvalue weighted by atomic mass is 35.5. The predicted octanol–water partition coefficient (Wildman–Crippen LogP) is 2.00. The van der Waals surface area contributed by atoms with Crippen LogP contribution in [0.2, 0.25) is 0 Å². The summed E-state index contributed by atoms with van der Waals surface area (Å²) in [5.74, 6) is 0. The Balaban J connectivity index is 3.43. The molecule has 76 valence electrons. The Morgan fingerprint density at radius 1 is 1.57 bits per heavy atom. The fraction of sp³-hybridized carbons (Fsp3) is 0.250. The third-order valence-corrected chi connectivity index (χ3v) is 1.92. The fourth-order valence-electron chi connectivity index (χ4n) is 0.961. The molecule has 0 atom stereocenters. The summed E-state index contributed by atoms with van der Waals surface area (Å²) in [6.45, 7) is 1.34. The molecule has 0 spiro atoms. The molecule has 1 aromatic rings. The molecule has 3 nitrogen and oxygen atoms in total. The van der Waals surface area contributed by atoms with Crippen LogP contribution in [-0.2, 0) is 0 Å². The second-order valence-electron chi connectivity index (χ2n) is 2.66. The van der Waals surface area contributed by atoms with Crippen LogP contribution in [0.3, 0.4) is 0 Å². The first-order valence-electron chi connectivity index (χ1n) is 3.65. The molecule has 0 unspecified atom stereocenters. The molecule has 0 radical (unpaired) electrons. The molecule has 1 aromatic heterocycles. The number of carbonyl (C=O) groups is 1. The zero-order valence-electron chi connectivity index (χ0n) is 7.11. The van der Waals surface area contributed by atoms with Crippen molar-refractivity contribution in [3.8, 4) is 0 Å². The molecule has 0 aromatic carbocycles. The maximum atomic E-state index is 12.2. The van der Waals surface area contributed by atoms with E-state index >= 15 is 0 Å². The minimum atomic E-state index is -2.84. The molecule has 14 heavy (non-hydrogen) atoms. The summed E-state index contributed by atoms with van der Waals surface area (Å²) in [7, 11) is 0. The third-order valence-electron chi connectivity index (χ3n) is 1.73. The molecular weight excluding hydrogens is 216 g/mol. The van der Waals surface area contributed by atoms with Gasteiger partial charge in [-0.25, -0.2) is 8.78 Å². The van der Waals surface area contributed by atoms with Crippen LogP contribution in [0.15, 0.2) is 10.9 Å². The maximum Gasteiger partial charge on any atom is 0.278 e. The van der Waals surface area contributed by atoms with E-state index in [1.165, 1.54) is 6.92 Å². The Hall–Kier alpha value is -1.23. The van der Waals surface area contributed by atoms with Gasteiger partial charge in [0.2, 0.25) is 0 Å². The second-order valence-corrected chi connectivity index (χ2v) is 3.01. The molecule has 0 saturated carbocycles. The Labute approximate surface area is 82.7 Å². The van der Waals surface area contributed by atoms with Crippen molar-refractivity contribution in [1.29, 1.82) is 0 Å². The highest BCUT2D eigenvalue weighted by Crippen LogP contribution is 2.16. The quantitative estimate of drug-likeness (QED) is 0.777. The lowest BCUT2D eigenvalue weighted by Crippen LogP contribution is -2.14. The van der Waals surface area contributed by atoms with E-state index in [-0.39, 0.29) is 11.3 Å². The van der Waals surface area contributed by atoms with Crippen LogP contribution in [0.25, 0.3) is 0 Å². The molecule has 0 aliphatic rings. The lowest BCUT2D eigenvalue weighted by molar-refractivity contribution is 0.107.